The number of hydrogen-bond donors (Lipinski definition) is 0. The summed E-state index contributed by atoms with van der Waals surface area (Å²) in [7, 11) is 0. The molecule has 0 amide bonds. The van der Waals surface area contributed by atoms with Crippen LogP contribution in [-0.4, -0.2) is 6.29 Å². The molecule has 0 radical (unpaired) electrons. The Hall–Kier alpha value is -1.64. The maximum atomic E-state index is 11.1. The lowest BCUT2D eigenvalue weighted by Crippen LogP contribution is -2.05. The third-order valence-corrected chi connectivity index (χ3v) is 2.85. The van der Waals surface area contributed by atoms with E-state index in [4.69, 9.17) is 16.3 Å². The molecule has 2 aromatic carbocycles. The molecule has 0 N–H and O–H groups in total. The van der Waals surface area contributed by atoms with E-state index in [2.05, 4.69) is 0 Å². The van der Waals surface area contributed by atoms with Crippen molar-refractivity contribution >= 4 is 17.9 Å². The molecule has 2 nitrogen and oxygen atoms in total. The lowest BCUT2D eigenvalue weighted by atomic mass is 10.1. The van der Waals surface area contributed by atoms with Crippen molar-refractivity contribution in [3.8, 4) is 0 Å². The Morgan fingerprint density at radius 2 is 1.72 bits per heavy atom. The van der Waals surface area contributed by atoms with Gasteiger partial charge in [-0.25, -0.2) is 0 Å². The largest absolute Gasteiger partial charge is 0.361 e. The number of aldehydes is 1. The van der Waals surface area contributed by atoms with Gasteiger partial charge >= 0.3 is 0 Å². The molecule has 2 rings (SSSR count). The molecule has 0 heterocycles. The van der Waals surface area contributed by atoms with Crippen LogP contribution in [0.1, 0.15) is 17.2 Å². The minimum Gasteiger partial charge on any atom is -0.361 e. The lowest BCUT2D eigenvalue weighted by molar-refractivity contribution is -0.119. The van der Waals surface area contributed by atoms with Crippen molar-refractivity contribution in [2.75, 3.05) is 0 Å². The van der Waals surface area contributed by atoms with Gasteiger partial charge in [0.1, 0.15) is 6.10 Å². The maximum Gasteiger partial charge on any atom is 0.153 e. The number of hydrogen-bond acceptors (Lipinski definition) is 2. The molecular weight excluding hydrogens is 248 g/mol. The van der Waals surface area contributed by atoms with Gasteiger partial charge in [-0.1, -0.05) is 54.1 Å². The predicted octanol–water partition coefficient (Wildman–Crippen LogP) is 3.80. The van der Waals surface area contributed by atoms with E-state index >= 15 is 0 Å². The predicted molar refractivity (Wildman–Crippen MR) is 71.5 cm³/mol. The van der Waals surface area contributed by atoms with E-state index in [1.807, 2.05) is 30.3 Å². The van der Waals surface area contributed by atoms with Crippen LogP contribution in [0.2, 0.25) is 5.02 Å². The third-order valence-electron chi connectivity index (χ3n) is 2.59. The molecular formula is C15H13ClO2. The van der Waals surface area contributed by atoms with Gasteiger partial charge in [-0.3, -0.25) is 0 Å². The average Bonchev–Trinajstić information content (AvgIpc) is 2.42. The summed E-state index contributed by atoms with van der Waals surface area (Å²) in [6.45, 7) is 0.410. The molecule has 0 aliphatic rings. The molecule has 0 aromatic heterocycles. The fourth-order valence-electron chi connectivity index (χ4n) is 1.63. The first-order chi connectivity index (χ1) is 8.79. The molecule has 3 heteroatoms. The van der Waals surface area contributed by atoms with Gasteiger partial charge in [0.05, 0.1) is 6.61 Å². The summed E-state index contributed by atoms with van der Waals surface area (Å²) in [6.07, 6.45) is 0.245. The first-order valence-corrected chi connectivity index (χ1v) is 6.03. The van der Waals surface area contributed by atoms with Crippen LogP contribution in [0.25, 0.3) is 0 Å². The molecule has 0 saturated carbocycles. The molecule has 1 atom stereocenters. The van der Waals surface area contributed by atoms with Gasteiger partial charge in [-0.15, -0.1) is 0 Å². The van der Waals surface area contributed by atoms with Crippen LogP contribution in [0.3, 0.4) is 0 Å². The highest BCUT2D eigenvalue weighted by Crippen LogP contribution is 2.19. The summed E-state index contributed by atoms with van der Waals surface area (Å²) in [5, 5.41) is 0.645. The number of benzene rings is 2. The van der Waals surface area contributed by atoms with E-state index in [0.29, 0.717) is 11.6 Å². The topological polar surface area (TPSA) is 26.3 Å². The molecule has 0 fully saturated rings. The summed E-state index contributed by atoms with van der Waals surface area (Å²) in [5.74, 6) is 0. The number of rotatable bonds is 5. The van der Waals surface area contributed by atoms with Crippen molar-refractivity contribution < 1.29 is 9.53 Å². The SMILES string of the molecule is O=CC(OCc1ccccc1)c1ccc(Cl)cc1. The van der Waals surface area contributed by atoms with E-state index < -0.39 is 6.10 Å². The van der Waals surface area contributed by atoms with E-state index in [9.17, 15) is 4.79 Å². The highest BCUT2D eigenvalue weighted by atomic mass is 35.5. The number of carbonyl (C=O) groups excluding carboxylic acids is 1. The zero-order valence-electron chi connectivity index (χ0n) is 9.75. The summed E-state index contributed by atoms with van der Waals surface area (Å²) >= 11 is 5.80. The van der Waals surface area contributed by atoms with E-state index in [1.54, 1.807) is 24.3 Å². The van der Waals surface area contributed by atoms with Gasteiger partial charge in [0, 0.05) is 5.02 Å². The van der Waals surface area contributed by atoms with Gasteiger partial charge < -0.3 is 9.53 Å². The van der Waals surface area contributed by atoms with Crippen LogP contribution in [0.4, 0.5) is 0 Å². The highest BCUT2D eigenvalue weighted by Gasteiger charge is 2.10. The molecule has 0 saturated heterocycles. The number of ether oxygens (including phenoxy) is 1. The van der Waals surface area contributed by atoms with Gasteiger partial charge in [0.15, 0.2) is 6.29 Å². The van der Waals surface area contributed by atoms with Gasteiger partial charge in [0.2, 0.25) is 0 Å². The Morgan fingerprint density at radius 3 is 2.33 bits per heavy atom. The number of halogens is 1. The Kier molecular flexibility index (Phi) is 4.51. The second kappa shape index (κ2) is 6.34. The van der Waals surface area contributed by atoms with Crippen LogP contribution in [-0.2, 0) is 16.1 Å². The number of carbonyl (C=O) groups is 1. The Morgan fingerprint density at radius 1 is 1.06 bits per heavy atom. The summed E-state index contributed by atoms with van der Waals surface area (Å²) in [6, 6.07) is 16.8. The maximum absolute atomic E-state index is 11.1. The zero-order valence-corrected chi connectivity index (χ0v) is 10.5. The Balaban J connectivity index is 2.02. The summed E-state index contributed by atoms with van der Waals surface area (Å²) in [5.41, 5.74) is 1.85. The van der Waals surface area contributed by atoms with Crippen LogP contribution in [0, 0.1) is 0 Å². The Labute approximate surface area is 111 Å². The minimum absolute atomic E-state index is 0.410. The van der Waals surface area contributed by atoms with Crippen molar-refractivity contribution in [1.29, 1.82) is 0 Å². The molecule has 92 valence electrons. The van der Waals surface area contributed by atoms with Crippen LogP contribution < -0.4 is 0 Å². The normalized spacial score (nSPS) is 12.1. The van der Waals surface area contributed by atoms with Crippen molar-refractivity contribution in [2.45, 2.75) is 12.7 Å². The second-order valence-electron chi connectivity index (χ2n) is 3.90. The smallest absolute Gasteiger partial charge is 0.153 e. The molecule has 0 aliphatic carbocycles. The van der Waals surface area contributed by atoms with Crippen molar-refractivity contribution in [3.05, 3.63) is 70.7 Å². The monoisotopic (exact) mass is 260 g/mol. The molecule has 0 bridgehead atoms. The molecule has 0 spiro atoms. The van der Waals surface area contributed by atoms with Crippen LogP contribution in [0.5, 0.6) is 0 Å². The molecule has 2 aromatic rings. The van der Waals surface area contributed by atoms with Gasteiger partial charge in [0.25, 0.3) is 0 Å². The van der Waals surface area contributed by atoms with Gasteiger partial charge in [-0.05, 0) is 23.3 Å². The standard InChI is InChI=1S/C15H13ClO2/c16-14-8-6-13(7-9-14)15(10-17)18-11-12-4-2-1-3-5-12/h1-10,15H,11H2. The first kappa shape index (κ1) is 12.8. The van der Waals surface area contributed by atoms with Crippen molar-refractivity contribution in [3.63, 3.8) is 0 Å². The third kappa shape index (κ3) is 3.42. The first-order valence-electron chi connectivity index (χ1n) is 5.66. The van der Waals surface area contributed by atoms with Gasteiger partial charge in [-0.2, -0.15) is 0 Å². The summed E-state index contributed by atoms with van der Waals surface area (Å²) < 4.78 is 5.59. The average molecular weight is 261 g/mol. The van der Waals surface area contributed by atoms with Crippen LogP contribution >= 0.6 is 11.6 Å². The summed E-state index contributed by atoms with van der Waals surface area (Å²) in [4.78, 5) is 11.1. The van der Waals surface area contributed by atoms with Crippen molar-refractivity contribution in [2.24, 2.45) is 0 Å². The van der Waals surface area contributed by atoms with E-state index in [0.717, 1.165) is 17.4 Å². The van der Waals surface area contributed by atoms with E-state index in [1.165, 1.54) is 0 Å². The highest BCUT2D eigenvalue weighted by molar-refractivity contribution is 6.30. The van der Waals surface area contributed by atoms with Crippen molar-refractivity contribution in [1.82, 2.24) is 0 Å². The minimum atomic E-state index is -0.553. The molecule has 1 unspecified atom stereocenters. The van der Waals surface area contributed by atoms with Crippen LogP contribution in [0.15, 0.2) is 54.6 Å². The zero-order chi connectivity index (χ0) is 12.8. The Bertz CT molecular complexity index is 494. The fraction of sp³-hybridized carbons (Fsp3) is 0.133. The van der Waals surface area contributed by atoms with E-state index in [-0.39, 0.29) is 0 Å². The second-order valence-corrected chi connectivity index (χ2v) is 4.34. The molecule has 18 heavy (non-hydrogen) atoms. The fourth-order valence-corrected chi connectivity index (χ4v) is 1.75. The molecule has 0 aliphatic heterocycles. The quantitative estimate of drug-likeness (QED) is 0.765. The lowest BCUT2D eigenvalue weighted by Gasteiger charge is -2.12.